The summed E-state index contributed by atoms with van der Waals surface area (Å²) in [5.74, 6) is 1.63. The molecule has 7 rings (SSSR count). The molecule has 316 valence electrons. The van der Waals surface area contributed by atoms with Crippen molar-refractivity contribution in [3.8, 4) is 23.0 Å². The van der Waals surface area contributed by atoms with Crippen LogP contribution >= 0.6 is 0 Å². The van der Waals surface area contributed by atoms with Gasteiger partial charge in [-0.2, -0.15) is 0 Å². The molecule has 13 heteroatoms. The van der Waals surface area contributed by atoms with Crippen LogP contribution in [0.3, 0.4) is 0 Å². The van der Waals surface area contributed by atoms with Crippen molar-refractivity contribution in [2.24, 2.45) is 9.98 Å². The molecule has 4 heterocycles. The van der Waals surface area contributed by atoms with E-state index in [1.54, 1.807) is 50.4 Å². The molecule has 0 aliphatic carbocycles. The van der Waals surface area contributed by atoms with Gasteiger partial charge in [-0.05, 0) is 95.2 Å². The molecule has 2 saturated heterocycles. The van der Waals surface area contributed by atoms with E-state index in [0.717, 1.165) is 29.5 Å². The summed E-state index contributed by atoms with van der Waals surface area (Å²) in [7, 11) is 4.85. The third-order valence-electron chi connectivity index (χ3n) is 11.2. The lowest BCUT2D eigenvalue weighted by Crippen LogP contribution is -2.35. The number of allylic oxidation sites excluding steroid dienone is 2. The summed E-state index contributed by atoms with van der Waals surface area (Å²) in [4.78, 5) is 54.7. The van der Waals surface area contributed by atoms with Gasteiger partial charge < -0.3 is 38.4 Å². The van der Waals surface area contributed by atoms with Crippen molar-refractivity contribution in [3.05, 3.63) is 93.6 Å². The number of nitrogens with zero attached hydrogens (tertiary/aromatic N) is 5. The average Bonchev–Trinajstić information content (AvgIpc) is 3.80. The molecular formula is C47H55N5O8. The van der Waals surface area contributed by atoms with Gasteiger partial charge in [0.15, 0.2) is 23.0 Å². The summed E-state index contributed by atoms with van der Waals surface area (Å²) in [6.07, 6.45) is 10.3. The maximum Gasteiger partial charge on any atom is 0.410 e. The lowest BCUT2D eigenvalue weighted by Gasteiger charge is -2.24. The van der Waals surface area contributed by atoms with E-state index in [4.69, 9.17) is 33.7 Å². The highest BCUT2D eigenvalue weighted by atomic mass is 16.6. The van der Waals surface area contributed by atoms with E-state index in [9.17, 15) is 14.4 Å². The van der Waals surface area contributed by atoms with Crippen LogP contribution in [0.1, 0.15) is 91.3 Å². The fourth-order valence-electron chi connectivity index (χ4n) is 7.95. The Kier molecular flexibility index (Phi) is 12.3. The van der Waals surface area contributed by atoms with Gasteiger partial charge in [0.2, 0.25) is 0 Å². The first-order valence-corrected chi connectivity index (χ1v) is 20.5. The second-order valence-electron chi connectivity index (χ2n) is 16.6. The summed E-state index contributed by atoms with van der Waals surface area (Å²) in [5.41, 5.74) is 6.65. The Labute approximate surface area is 352 Å². The largest absolute Gasteiger partial charge is 0.493 e. The third-order valence-corrected chi connectivity index (χ3v) is 11.2. The molecular weight excluding hydrogens is 763 g/mol. The fraction of sp³-hybridized carbons (Fsp3) is 0.426. The second-order valence-corrected chi connectivity index (χ2v) is 16.6. The molecule has 0 bridgehead atoms. The molecule has 60 heavy (non-hydrogen) atoms. The third kappa shape index (κ3) is 9.20. The predicted molar refractivity (Wildman–Crippen MR) is 231 cm³/mol. The Balaban J connectivity index is 1.12. The Bertz CT molecular complexity index is 2150. The number of methoxy groups -OCH3 is 2. The minimum atomic E-state index is -0.585. The molecule has 4 aliphatic heterocycles. The zero-order chi connectivity index (χ0) is 42.7. The lowest BCUT2D eigenvalue weighted by atomic mass is 10.0. The van der Waals surface area contributed by atoms with Crippen LogP contribution in [-0.2, 0) is 24.4 Å². The number of fused-ring (bicyclic) bond motifs is 4. The molecule has 2 atom stereocenters. The van der Waals surface area contributed by atoms with Crippen LogP contribution in [0.4, 0.5) is 16.2 Å². The predicted octanol–water partition coefficient (Wildman–Crippen LogP) is 8.41. The van der Waals surface area contributed by atoms with Crippen LogP contribution in [0, 0.1) is 0 Å². The highest BCUT2D eigenvalue weighted by Gasteiger charge is 2.36. The maximum absolute atomic E-state index is 13.7. The molecule has 0 spiro atoms. The second kappa shape index (κ2) is 17.6. The van der Waals surface area contributed by atoms with Crippen LogP contribution in [-0.4, -0.2) is 104 Å². The van der Waals surface area contributed by atoms with E-state index in [0.29, 0.717) is 78.0 Å². The van der Waals surface area contributed by atoms with Crippen molar-refractivity contribution in [1.82, 2.24) is 14.7 Å². The standard InChI is InChI=1S/C47H55N5O8/c1-9-29-17-34-23-48-38-21-42(40(56-7)19-36(38)44(53)51(34)25-29)58-27-32-14-31(12-11-13-50(6)46(55)60-47(3,4)5)15-33(16-32)28-59-43-22-39-37(20-41(43)57-8)45(54)52-26-30(10-2)18-35(52)24-49-39/h9-10,14-16,19-24,34-35H,11-13,17-18,25-28H2,1-8H3/b29-9+,30-10+/t34-,35-/m0/s1. The van der Waals surface area contributed by atoms with Crippen LogP contribution in [0.15, 0.2) is 75.7 Å². The number of amides is 3. The molecule has 0 saturated carbocycles. The van der Waals surface area contributed by atoms with Crippen LogP contribution in [0.25, 0.3) is 0 Å². The van der Waals surface area contributed by atoms with Crippen LogP contribution in [0.2, 0.25) is 0 Å². The number of carbonyl (C=O) groups excluding carboxylic acids is 3. The van der Waals surface area contributed by atoms with Crippen LogP contribution in [0.5, 0.6) is 23.0 Å². The number of aliphatic imine (C=N–C) groups is 2. The van der Waals surface area contributed by atoms with Crippen molar-refractivity contribution in [2.45, 2.75) is 91.2 Å². The minimum absolute atomic E-state index is 0.0864. The monoisotopic (exact) mass is 817 g/mol. The van der Waals surface area contributed by atoms with Crippen molar-refractivity contribution >= 4 is 41.7 Å². The highest BCUT2D eigenvalue weighted by Crippen LogP contribution is 2.41. The summed E-state index contributed by atoms with van der Waals surface area (Å²) < 4.78 is 29.9. The normalized spacial score (nSPS) is 19.4. The fourth-order valence-corrected chi connectivity index (χ4v) is 7.95. The van der Waals surface area contributed by atoms with Gasteiger partial charge in [0.05, 0.1) is 48.8 Å². The average molecular weight is 818 g/mol. The zero-order valence-corrected chi connectivity index (χ0v) is 35.9. The van der Waals surface area contributed by atoms with Gasteiger partial charge in [-0.25, -0.2) is 4.79 Å². The van der Waals surface area contributed by atoms with Gasteiger partial charge in [0, 0.05) is 51.2 Å². The smallest absolute Gasteiger partial charge is 0.410 e. The number of hydrogen-bond donors (Lipinski definition) is 0. The SMILES string of the molecule is C/C=C1\C[C@H]2C=Nc3cc(OCc4cc(CCCN(C)C(=O)OC(C)(C)C)cc(COc5cc6c(cc5OC)C(=O)N5C/C(=C/C)C[C@H]5C=N6)c4)c(OC)cc3C(=O)N2C1. The van der Waals surface area contributed by atoms with E-state index in [1.165, 1.54) is 11.1 Å². The number of ether oxygens (including phenoxy) is 5. The molecule has 0 N–H and O–H groups in total. The van der Waals surface area contributed by atoms with E-state index >= 15 is 0 Å². The molecule has 3 aromatic carbocycles. The van der Waals surface area contributed by atoms with Crippen molar-refractivity contribution in [3.63, 3.8) is 0 Å². The summed E-state index contributed by atoms with van der Waals surface area (Å²) in [6.45, 7) is 11.6. The lowest BCUT2D eigenvalue weighted by molar-refractivity contribution is 0.0297. The highest BCUT2D eigenvalue weighted by molar-refractivity contribution is 6.04. The molecule has 2 fully saturated rings. The number of benzene rings is 3. The summed E-state index contributed by atoms with van der Waals surface area (Å²) >= 11 is 0. The van der Waals surface area contributed by atoms with Gasteiger partial charge in [0.25, 0.3) is 11.8 Å². The topological polar surface area (TPSA) is 132 Å². The molecule has 3 aromatic rings. The van der Waals surface area contributed by atoms with Crippen molar-refractivity contribution in [1.29, 1.82) is 0 Å². The molecule has 4 aliphatic rings. The minimum Gasteiger partial charge on any atom is -0.493 e. The Morgan fingerprint density at radius 1 is 0.733 bits per heavy atom. The number of carbonyl (C=O) groups is 3. The maximum atomic E-state index is 13.7. The van der Waals surface area contributed by atoms with Gasteiger partial charge in [0.1, 0.15) is 18.8 Å². The van der Waals surface area contributed by atoms with E-state index < -0.39 is 5.60 Å². The zero-order valence-electron chi connectivity index (χ0n) is 35.9. The van der Waals surface area contributed by atoms with Gasteiger partial charge >= 0.3 is 6.09 Å². The summed E-state index contributed by atoms with van der Waals surface area (Å²) in [5, 5.41) is 0. The molecule has 0 unspecified atom stereocenters. The first-order valence-electron chi connectivity index (χ1n) is 20.5. The van der Waals surface area contributed by atoms with Crippen molar-refractivity contribution in [2.75, 3.05) is 40.9 Å². The number of hydrogen-bond acceptors (Lipinski definition) is 10. The van der Waals surface area contributed by atoms with Gasteiger partial charge in [-0.1, -0.05) is 35.4 Å². The Morgan fingerprint density at radius 3 is 1.63 bits per heavy atom. The van der Waals surface area contributed by atoms with Crippen LogP contribution < -0.4 is 18.9 Å². The Morgan fingerprint density at radius 2 is 1.20 bits per heavy atom. The van der Waals surface area contributed by atoms with E-state index in [-0.39, 0.29) is 43.2 Å². The Hall–Kier alpha value is -6.11. The first kappa shape index (κ1) is 42.0. The molecule has 0 aromatic heterocycles. The van der Waals surface area contributed by atoms with Gasteiger partial charge in [-0.3, -0.25) is 19.6 Å². The number of aryl methyl sites for hydroxylation is 1. The molecule has 13 nitrogen and oxygen atoms in total. The van der Waals surface area contributed by atoms with E-state index in [1.807, 2.05) is 62.9 Å². The summed E-state index contributed by atoms with van der Waals surface area (Å²) in [6, 6.07) is 13.0. The quantitative estimate of drug-likeness (QED) is 0.167. The molecule has 0 radical (unpaired) electrons. The number of rotatable bonds is 12. The first-order chi connectivity index (χ1) is 28.8. The van der Waals surface area contributed by atoms with Gasteiger partial charge in [-0.15, -0.1) is 0 Å². The molecule has 3 amide bonds. The van der Waals surface area contributed by atoms with E-state index in [2.05, 4.69) is 24.3 Å². The van der Waals surface area contributed by atoms with Crippen molar-refractivity contribution < 1.29 is 38.1 Å².